The van der Waals surface area contributed by atoms with Crippen molar-refractivity contribution in [1.29, 1.82) is 0 Å². The molecular formula is C10H12N2O2S. The Labute approximate surface area is 90.9 Å². The fourth-order valence-corrected chi connectivity index (χ4v) is 2.00. The summed E-state index contributed by atoms with van der Waals surface area (Å²) in [6.07, 6.45) is 2.13. The summed E-state index contributed by atoms with van der Waals surface area (Å²) in [7, 11) is 0. The number of fused-ring (bicyclic) bond motifs is 1. The first-order valence-corrected chi connectivity index (χ1v) is 5.81. The van der Waals surface area contributed by atoms with Crippen LogP contribution in [0.5, 0.6) is 0 Å². The van der Waals surface area contributed by atoms with Crippen LogP contribution in [0.4, 0.5) is 6.01 Å². The predicted molar refractivity (Wildman–Crippen MR) is 61.6 cm³/mol. The molecule has 0 spiro atoms. The lowest BCUT2D eigenvalue weighted by Gasteiger charge is -2.01. The number of hydrogen-bond acceptors (Lipinski definition) is 5. The van der Waals surface area contributed by atoms with Crippen LogP contribution in [-0.4, -0.2) is 11.5 Å². The Morgan fingerprint density at radius 1 is 1.60 bits per heavy atom. The predicted octanol–water partition coefficient (Wildman–Crippen LogP) is 2.46. The van der Waals surface area contributed by atoms with Gasteiger partial charge in [-0.1, -0.05) is 13.3 Å². The lowest BCUT2D eigenvalue weighted by atomic mass is 10.3. The molecule has 0 aliphatic carbocycles. The van der Waals surface area contributed by atoms with Crippen LogP contribution in [0.1, 0.15) is 19.8 Å². The summed E-state index contributed by atoms with van der Waals surface area (Å²) in [5, 5.41) is 5.39. The van der Waals surface area contributed by atoms with Crippen molar-refractivity contribution in [2.75, 3.05) is 11.9 Å². The maximum atomic E-state index is 11.5. The number of unbranched alkanes of at least 4 members (excludes halogenated alkanes) is 1. The van der Waals surface area contributed by atoms with E-state index in [1.165, 1.54) is 11.3 Å². The quantitative estimate of drug-likeness (QED) is 0.810. The molecule has 0 unspecified atom stereocenters. The number of nitrogens with one attached hydrogen (secondary N) is 1. The number of anilines is 1. The maximum absolute atomic E-state index is 11.5. The first-order valence-electron chi connectivity index (χ1n) is 4.93. The molecule has 0 aliphatic heterocycles. The highest BCUT2D eigenvalue weighted by Crippen LogP contribution is 2.16. The monoisotopic (exact) mass is 224 g/mol. The van der Waals surface area contributed by atoms with Crippen LogP contribution < -0.4 is 10.9 Å². The molecule has 4 nitrogen and oxygen atoms in total. The lowest BCUT2D eigenvalue weighted by Crippen LogP contribution is -2.07. The van der Waals surface area contributed by atoms with Gasteiger partial charge in [-0.25, -0.2) is 4.79 Å². The van der Waals surface area contributed by atoms with Crippen molar-refractivity contribution < 1.29 is 4.42 Å². The van der Waals surface area contributed by atoms with Gasteiger partial charge in [-0.2, -0.15) is 4.98 Å². The van der Waals surface area contributed by atoms with Gasteiger partial charge in [-0.05, 0) is 17.9 Å². The fraction of sp³-hybridized carbons (Fsp3) is 0.400. The van der Waals surface area contributed by atoms with Crippen molar-refractivity contribution >= 4 is 27.6 Å². The van der Waals surface area contributed by atoms with Crippen molar-refractivity contribution in [2.45, 2.75) is 19.8 Å². The molecule has 2 aromatic heterocycles. The SMILES string of the molecule is CCCCNc1nc2sccc2c(=O)o1. The molecule has 0 amide bonds. The zero-order valence-electron chi connectivity index (χ0n) is 8.45. The Kier molecular flexibility index (Phi) is 3.01. The van der Waals surface area contributed by atoms with Crippen molar-refractivity contribution in [3.8, 4) is 0 Å². The van der Waals surface area contributed by atoms with Crippen LogP contribution in [0, 0.1) is 0 Å². The average molecular weight is 224 g/mol. The normalized spacial score (nSPS) is 10.7. The molecule has 0 bridgehead atoms. The second kappa shape index (κ2) is 4.44. The van der Waals surface area contributed by atoms with Crippen molar-refractivity contribution in [2.24, 2.45) is 0 Å². The third-order valence-corrected chi connectivity index (χ3v) is 2.87. The van der Waals surface area contributed by atoms with Crippen LogP contribution in [0.3, 0.4) is 0 Å². The second-order valence-electron chi connectivity index (χ2n) is 3.23. The molecule has 80 valence electrons. The van der Waals surface area contributed by atoms with E-state index in [2.05, 4.69) is 17.2 Å². The third-order valence-electron chi connectivity index (χ3n) is 2.06. The van der Waals surface area contributed by atoms with Gasteiger partial charge in [0.25, 0.3) is 6.01 Å². The summed E-state index contributed by atoms with van der Waals surface area (Å²) in [6.45, 7) is 2.89. The van der Waals surface area contributed by atoms with Crippen molar-refractivity contribution in [1.82, 2.24) is 4.98 Å². The van der Waals surface area contributed by atoms with E-state index in [9.17, 15) is 4.79 Å². The molecule has 1 N–H and O–H groups in total. The maximum Gasteiger partial charge on any atom is 0.349 e. The minimum atomic E-state index is -0.319. The summed E-state index contributed by atoms with van der Waals surface area (Å²) in [5.74, 6) is 0. The molecule has 0 radical (unpaired) electrons. The van der Waals surface area contributed by atoms with Crippen LogP contribution in [0.25, 0.3) is 10.2 Å². The molecule has 5 heteroatoms. The Hall–Kier alpha value is -1.36. The van der Waals surface area contributed by atoms with Gasteiger partial charge in [-0.3, -0.25) is 0 Å². The second-order valence-corrected chi connectivity index (χ2v) is 4.12. The highest BCUT2D eigenvalue weighted by Gasteiger charge is 2.05. The highest BCUT2D eigenvalue weighted by molar-refractivity contribution is 7.16. The third kappa shape index (κ3) is 2.18. The van der Waals surface area contributed by atoms with E-state index in [0.717, 1.165) is 24.2 Å². The van der Waals surface area contributed by atoms with Crippen molar-refractivity contribution in [3.05, 3.63) is 21.9 Å². The first-order chi connectivity index (χ1) is 7.31. The largest absolute Gasteiger partial charge is 0.389 e. The summed E-state index contributed by atoms with van der Waals surface area (Å²) >= 11 is 1.44. The Balaban J connectivity index is 2.25. The topological polar surface area (TPSA) is 55.1 Å². The molecule has 0 saturated carbocycles. The average Bonchev–Trinajstić information content (AvgIpc) is 2.66. The number of hydrogen-bond donors (Lipinski definition) is 1. The molecule has 0 fully saturated rings. The number of rotatable bonds is 4. The lowest BCUT2D eigenvalue weighted by molar-refractivity contribution is 0.516. The summed E-state index contributed by atoms with van der Waals surface area (Å²) in [6, 6.07) is 2.05. The molecule has 15 heavy (non-hydrogen) atoms. The van der Waals surface area contributed by atoms with Crippen LogP contribution >= 0.6 is 11.3 Å². The number of aromatic nitrogens is 1. The van der Waals surface area contributed by atoms with Gasteiger partial charge in [0.05, 0.1) is 5.39 Å². The Morgan fingerprint density at radius 3 is 3.27 bits per heavy atom. The van der Waals surface area contributed by atoms with E-state index in [0.29, 0.717) is 11.4 Å². The molecule has 2 heterocycles. The summed E-state index contributed by atoms with van der Waals surface area (Å²) in [4.78, 5) is 16.4. The standard InChI is InChI=1S/C10H12N2O2S/c1-2-3-5-11-10-12-8-7(4-6-15-8)9(13)14-10/h4,6H,2-3,5H2,1H3,(H,11,12). The summed E-state index contributed by atoms with van der Waals surface area (Å²) in [5.41, 5.74) is -0.319. The minimum absolute atomic E-state index is 0.319. The molecule has 2 rings (SSSR count). The van der Waals surface area contributed by atoms with Gasteiger partial charge < -0.3 is 9.73 Å². The fourth-order valence-electron chi connectivity index (χ4n) is 1.25. The van der Waals surface area contributed by atoms with E-state index in [1.807, 2.05) is 5.38 Å². The van der Waals surface area contributed by atoms with Crippen molar-refractivity contribution in [3.63, 3.8) is 0 Å². The van der Waals surface area contributed by atoms with Gasteiger partial charge >= 0.3 is 5.63 Å². The van der Waals surface area contributed by atoms with E-state index < -0.39 is 0 Å². The van der Waals surface area contributed by atoms with Gasteiger partial charge in [0.15, 0.2) is 0 Å². The molecule has 0 aromatic carbocycles. The van der Waals surface area contributed by atoms with Gasteiger partial charge in [-0.15, -0.1) is 11.3 Å². The zero-order valence-corrected chi connectivity index (χ0v) is 9.26. The smallest absolute Gasteiger partial charge is 0.349 e. The first kappa shape index (κ1) is 10.2. The van der Waals surface area contributed by atoms with Gasteiger partial charge in [0.2, 0.25) is 0 Å². The Bertz CT molecular complexity index is 503. The van der Waals surface area contributed by atoms with E-state index >= 15 is 0 Å². The van der Waals surface area contributed by atoms with Crippen LogP contribution in [0.15, 0.2) is 20.7 Å². The van der Waals surface area contributed by atoms with E-state index in [1.54, 1.807) is 6.07 Å². The van der Waals surface area contributed by atoms with Gasteiger partial charge in [0, 0.05) is 6.54 Å². The van der Waals surface area contributed by atoms with Crippen LogP contribution in [0.2, 0.25) is 0 Å². The highest BCUT2D eigenvalue weighted by atomic mass is 32.1. The number of nitrogens with zero attached hydrogens (tertiary/aromatic N) is 1. The molecular weight excluding hydrogens is 212 g/mol. The van der Waals surface area contributed by atoms with Gasteiger partial charge in [0.1, 0.15) is 4.83 Å². The minimum Gasteiger partial charge on any atom is -0.389 e. The zero-order chi connectivity index (χ0) is 10.7. The Morgan fingerprint density at radius 2 is 2.47 bits per heavy atom. The van der Waals surface area contributed by atoms with E-state index in [-0.39, 0.29) is 5.63 Å². The molecule has 0 aliphatic rings. The molecule has 0 saturated heterocycles. The van der Waals surface area contributed by atoms with Crippen LogP contribution in [-0.2, 0) is 0 Å². The molecule has 2 aromatic rings. The molecule has 0 atom stereocenters. The van der Waals surface area contributed by atoms with E-state index in [4.69, 9.17) is 4.42 Å². The summed E-state index contributed by atoms with van der Waals surface area (Å²) < 4.78 is 5.02. The number of thiophene rings is 1.